The molecular weight excluding hydrogens is 1300 g/mol. The number of imidazole rings is 2. The summed E-state index contributed by atoms with van der Waals surface area (Å²) in [6, 6.07) is 22.3. The van der Waals surface area contributed by atoms with Gasteiger partial charge in [0.2, 0.25) is 0 Å². The Hall–Kier alpha value is -11.3. The van der Waals surface area contributed by atoms with Gasteiger partial charge in [0.25, 0.3) is 0 Å². The number of hydrogen-bond donors (Lipinski definition) is 0. The van der Waals surface area contributed by atoms with Crippen LogP contribution >= 0.6 is 0 Å². The van der Waals surface area contributed by atoms with Gasteiger partial charge in [0.05, 0.1) is 64.2 Å². The third-order valence-corrected chi connectivity index (χ3v) is 16.2. The molecule has 0 spiro atoms. The molecule has 16 heterocycles. The van der Waals surface area contributed by atoms with Crippen molar-refractivity contribution < 1.29 is 0 Å². The molecule has 16 rings (SSSR count). The SMILES string of the molecule is CC(C)(C)c1cc2cccn2cn1.CC(C)(C)c1cc2ccnn2cn1.CC(C)(C)c1cc2cncn2cn1.CC(C)(C)c1cc2cnnn2cn1.CC(C)(C)c1cc2nccn2cn1.CC(C)(C)c1cc2ncnn2cn1.CC(C)(C)c1cc2nncn2cn1.CC(C)(C)c1cc2nncn2cn1. The lowest BCUT2D eigenvalue weighted by Gasteiger charge is -2.17. The minimum absolute atomic E-state index is 0.0632. The molecule has 0 aliphatic rings. The second-order valence-electron chi connectivity index (χ2n) is 33.5. The van der Waals surface area contributed by atoms with Crippen LogP contribution in [0.25, 0.3) is 44.7 Å². The van der Waals surface area contributed by atoms with Crippen molar-refractivity contribution in [2.24, 2.45) is 0 Å². The third-order valence-electron chi connectivity index (χ3n) is 16.2. The van der Waals surface area contributed by atoms with Gasteiger partial charge in [0, 0.05) is 114 Å². The summed E-state index contributed by atoms with van der Waals surface area (Å²) in [5.41, 5.74) is 17.2. The minimum atomic E-state index is 0.0632. The molecule has 16 aromatic heterocycles. The van der Waals surface area contributed by atoms with Gasteiger partial charge >= 0.3 is 0 Å². The summed E-state index contributed by atoms with van der Waals surface area (Å²) in [6.07, 6.45) is 31.8. The average Bonchev–Trinajstić information content (AvgIpc) is 1.73. The van der Waals surface area contributed by atoms with Crippen molar-refractivity contribution >= 4 is 44.7 Å². The largest absolute Gasteiger partial charge is 0.308 e. The summed E-state index contributed by atoms with van der Waals surface area (Å²) in [6.45, 7) is 51.4. The predicted molar refractivity (Wildman–Crippen MR) is 407 cm³/mol. The van der Waals surface area contributed by atoms with E-state index in [9.17, 15) is 0 Å². The first-order chi connectivity index (χ1) is 48.6. The molecule has 0 aliphatic carbocycles. The zero-order valence-electron chi connectivity index (χ0n) is 64.8. The Morgan fingerprint density at radius 2 is 0.663 bits per heavy atom. The summed E-state index contributed by atoms with van der Waals surface area (Å²) in [5.74, 6) is 0. The first-order valence-corrected chi connectivity index (χ1v) is 34.5. The number of fused-ring (bicyclic) bond motifs is 8. The van der Waals surface area contributed by atoms with E-state index in [0.29, 0.717) is 0 Å². The topological polar surface area (TPSA) is 280 Å². The smallest absolute Gasteiger partial charge is 0.163 e. The average molecular weight is 1400 g/mol. The van der Waals surface area contributed by atoms with Crippen LogP contribution in [0.3, 0.4) is 0 Å². The fraction of sp³-hybridized carbons (Fsp3) is 0.416. The fourth-order valence-electron chi connectivity index (χ4n) is 9.61. The van der Waals surface area contributed by atoms with E-state index in [2.05, 4.69) is 286 Å². The molecule has 0 aromatic carbocycles. The van der Waals surface area contributed by atoms with Crippen LogP contribution in [-0.4, -0.2) is 131 Å². The standard InChI is InChI=1S/C11H14N2.3C10H13N3.4C9H12N4/c1-11(2,3)10-7-9-5-4-6-13(9)8-12-10;1-10(2,3)9-4-8-5-11-6-13(8)7-12-9;1-10(2,3)8-6-9-11-4-5-13(9)7-12-8;1-10(2,3)9-6-8-4-5-12-13(8)7-11-9;1-9(2,3)7-4-8-10-5-12-13(8)6-11-7;2*1-9(2,3)7-4-8-12-11-6-13(8)5-10-7;1-9(2,3)8-4-7-5-11-12-13(7)6-10-8/h4-8H,1-3H3;3*4-7H,1-3H3;4*4-6H,1-3H3. The molecule has 16 aromatic rings. The normalized spacial score (nSPS) is 12.2. The lowest BCUT2D eigenvalue weighted by Crippen LogP contribution is -2.14. The van der Waals surface area contributed by atoms with E-state index in [1.54, 1.807) is 91.6 Å². The highest BCUT2D eigenvalue weighted by molar-refractivity contribution is 5.50. The van der Waals surface area contributed by atoms with Crippen LogP contribution in [0.15, 0.2) is 180 Å². The lowest BCUT2D eigenvalue weighted by atomic mass is 9.92. The Bertz CT molecular complexity index is 4400. The zero-order valence-corrected chi connectivity index (χ0v) is 64.8. The molecule has 104 heavy (non-hydrogen) atoms. The maximum atomic E-state index is 4.41. The Labute approximate surface area is 607 Å². The molecule has 0 N–H and O–H groups in total. The van der Waals surface area contributed by atoms with Gasteiger partial charge in [-0.05, 0) is 42.5 Å². The van der Waals surface area contributed by atoms with Gasteiger partial charge in [0.15, 0.2) is 16.9 Å². The molecule has 0 fully saturated rings. The van der Waals surface area contributed by atoms with Crippen LogP contribution in [0.2, 0.25) is 0 Å². The monoisotopic (exact) mass is 1400 g/mol. The number of nitrogens with zero attached hydrogens (tertiary/aromatic N) is 27. The molecule has 27 nitrogen and oxygen atoms in total. The van der Waals surface area contributed by atoms with E-state index < -0.39 is 0 Å². The minimum Gasteiger partial charge on any atom is -0.308 e. The van der Waals surface area contributed by atoms with Crippen LogP contribution in [0.1, 0.15) is 212 Å². The number of aromatic nitrogens is 27. The molecule has 0 unspecified atom stereocenters. The van der Waals surface area contributed by atoms with Crippen LogP contribution in [0.4, 0.5) is 0 Å². The predicted octanol–water partition coefficient (Wildman–Crippen LogP) is 14.4. The zero-order chi connectivity index (χ0) is 75.8. The van der Waals surface area contributed by atoms with Gasteiger partial charge in [-0.1, -0.05) is 171 Å². The van der Waals surface area contributed by atoms with Crippen molar-refractivity contribution in [2.75, 3.05) is 0 Å². The summed E-state index contributed by atoms with van der Waals surface area (Å²) in [4.78, 5) is 47.2. The molecule has 0 atom stereocenters. The first kappa shape index (κ1) is 76.9. The maximum absolute atomic E-state index is 4.41. The summed E-state index contributed by atoms with van der Waals surface area (Å²) < 4.78 is 14.5. The molecular formula is C77H101N27. The van der Waals surface area contributed by atoms with Gasteiger partial charge in [-0.3, -0.25) is 17.6 Å². The van der Waals surface area contributed by atoms with Crippen molar-refractivity contribution in [3.8, 4) is 0 Å². The van der Waals surface area contributed by atoms with E-state index in [1.807, 2.05) is 93.2 Å². The van der Waals surface area contributed by atoms with E-state index in [0.717, 1.165) is 84.7 Å². The summed E-state index contributed by atoms with van der Waals surface area (Å²) in [5, 5.41) is 31.3. The molecule has 0 saturated carbocycles. The van der Waals surface area contributed by atoms with E-state index >= 15 is 0 Å². The highest BCUT2D eigenvalue weighted by atomic mass is 15.4. The molecule has 27 heteroatoms. The van der Waals surface area contributed by atoms with Gasteiger partial charge in [-0.15, -0.1) is 25.5 Å². The van der Waals surface area contributed by atoms with Gasteiger partial charge in [0.1, 0.15) is 75.2 Å². The molecule has 544 valence electrons. The van der Waals surface area contributed by atoms with Crippen molar-refractivity contribution in [3.05, 3.63) is 225 Å². The molecule has 0 saturated heterocycles. The Morgan fingerprint density at radius 3 is 1.17 bits per heavy atom. The maximum Gasteiger partial charge on any atom is 0.163 e. The number of rotatable bonds is 0. The van der Waals surface area contributed by atoms with E-state index in [4.69, 9.17) is 0 Å². The molecule has 0 bridgehead atoms. The second-order valence-corrected chi connectivity index (χ2v) is 33.5. The first-order valence-electron chi connectivity index (χ1n) is 34.5. The van der Waals surface area contributed by atoms with Crippen LogP contribution in [0.5, 0.6) is 0 Å². The fourth-order valence-corrected chi connectivity index (χ4v) is 9.61. The lowest BCUT2D eigenvalue weighted by molar-refractivity contribution is 0.565. The summed E-state index contributed by atoms with van der Waals surface area (Å²) in [7, 11) is 0. The Kier molecular flexibility index (Phi) is 22.7. The van der Waals surface area contributed by atoms with E-state index in [1.165, 1.54) is 11.8 Å². The van der Waals surface area contributed by atoms with Crippen molar-refractivity contribution in [3.63, 3.8) is 0 Å². The van der Waals surface area contributed by atoms with Crippen LogP contribution in [0, 0.1) is 0 Å². The van der Waals surface area contributed by atoms with Crippen molar-refractivity contribution in [1.29, 1.82) is 0 Å². The molecule has 0 radical (unpaired) electrons. The molecule has 0 aliphatic heterocycles. The Morgan fingerprint density at radius 1 is 0.260 bits per heavy atom. The molecule has 0 amide bonds. The number of hydrogen-bond acceptors (Lipinski definition) is 19. The quantitative estimate of drug-likeness (QED) is 0.136. The van der Waals surface area contributed by atoms with Crippen molar-refractivity contribution in [1.82, 2.24) is 131 Å². The highest BCUT2D eigenvalue weighted by Gasteiger charge is 2.22. The van der Waals surface area contributed by atoms with Gasteiger partial charge < -0.3 is 4.40 Å². The van der Waals surface area contributed by atoms with Crippen LogP contribution < -0.4 is 0 Å². The van der Waals surface area contributed by atoms with E-state index in [-0.39, 0.29) is 43.3 Å². The Balaban J connectivity index is 0.000000138. The highest BCUT2D eigenvalue weighted by Crippen LogP contribution is 2.27. The second kappa shape index (κ2) is 30.8. The summed E-state index contributed by atoms with van der Waals surface area (Å²) >= 11 is 0. The van der Waals surface area contributed by atoms with Crippen molar-refractivity contribution in [2.45, 2.75) is 209 Å². The van der Waals surface area contributed by atoms with Gasteiger partial charge in [-0.2, -0.15) is 10.2 Å². The van der Waals surface area contributed by atoms with Crippen LogP contribution in [-0.2, 0) is 43.3 Å². The third kappa shape index (κ3) is 20.5. The van der Waals surface area contributed by atoms with Gasteiger partial charge in [-0.25, -0.2) is 68.4 Å².